The number of anilines is 1. The van der Waals surface area contributed by atoms with Crippen LogP contribution in [-0.2, 0) is 6.42 Å². The van der Waals surface area contributed by atoms with Crippen LogP contribution in [0.1, 0.15) is 11.3 Å². The summed E-state index contributed by atoms with van der Waals surface area (Å²) < 4.78 is 10.5. The second-order valence-electron chi connectivity index (χ2n) is 4.41. The smallest absolute Gasteiger partial charge is 0.160 e. The third-order valence-corrected chi connectivity index (χ3v) is 3.07. The van der Waals surface area contributed by atoms with Crippen LogP contribution >= 0.6 is 0 Å². The molecule has 0 aliphatic carbocycles. The summed E-state index contributed by atoms with van der Waals surface area (Å²) in [5, 5.41) is 12.1. The Hall–Kier alpha value is -2.74. The molecule has 1 N–H and O–H groups in total. The third kappa shape index (κ3) is 3.86. The first kappa shape index (κ1) is 14.7. The van der Waals surface area contributed by atoms with Gasteiger partial charge in [-0.2, -0.15) is 5.26 Å². The van der Waals surface area contributed by atoms with Crippen molar-refractivity contribution in [1.29, 1.82) is 5.26 Å². The van der Waals surface area contributed by atoms with Gasteiger partial charge >= 0.3 is 0 Å². The number of methoxy groups -OCH3 is 2. The molecule has 1 heterocycles. The van der Waals surface area contributed by atoms with Crippen LogP contribution < -0.4 is 14.8 Å². The van der Waals surface area contributed by atoms with Gasteiger partial charge in [0.05, 0.1) is 14.2 Å². The van der Waals surface area contributed by atoms with E-state index in [9.17, 15) is 0 Å². The molecule has 0 amide bonds. The highest BCUT2D eigenvalue weighted by atomic mass is 16.5. The van der Waals surface area contributed by atoms with Crippen molar-refractivity contribution in [3.8, 4) is 17.6 Å². The van der Waals surface area contributed by atoms with Crippen LogP contribution in [0.3, 0.4) is 0 Å². The zero-order valence-corrected chi connectivity index (χ0v) is 12.1. The van der Waals surface area contributed by atoms with Gasteiger partial charge in [-0.3, -0.25) is 0 Å². The number of pyridine rings is 1. The van der Waals surface area contributed by atoms with Gasteiger partial charge in [0.1, 0.15) is 11.8 Å². The molecule has 5 heteroatoms. The fourth-order valence-electron chi connectivity index (χ4n) is 1.99. The topological polar surface area (TPSA) is 67.2 Å². The quantitative estimate of drug-likeness (QED) is 0.882. The van der Waals surface area contributed by atoms with E-state index >= 15 is 0 Å². The average Bonchev–Trinajstić information content (AvgIpc) is 2.55. The molecule has 0 saturated heterocycles. The summed E-state index contributed by atoms with van der Waals surface area (Å²) in [6.45, 7) is 0.754. The molecule has 1 aromatic heterocycles. The van der Waals surface area contributed by atoms with Crippen LogP contribution in [0.15, 0.2) is 36.5 Å². The van der Waals surface area contributed by atoms with E-state index < -0.39 is 0 Å². The van der Waals surface area contributed by atoms with Crippen molar-refractivity contribution in [3.63, 3.8) is 0 Å². The molecule has 2 rings (SSSR count). The van der Waals surface area contributed by atoms with Gasteiger partial charge in [0, 0.05) is 18.4 Å². The number of nitrogens with one attached hydrogen (secondary N) is 1. The minimum absolute atomic E-state index is 0.408. The van der Waals surface area contributed by atoms with Crippen molar-refractivity contribution in [2.24, 2.45) is 0 Å². The number of benzene rings is 1. The van der Waals surface area contributed by atoms with Crippen LogP contribution in [0.5, 0.6) is 11.5 Å². The van der Waals surface area contributed by atoms with E-state index in [1.54, 1.807) is 26.5 Å². The molecule has 0 spiro atoms. The van der Waals surface area contributed by atoms with Gasteiger partial charge in [0.25, 0.3) is 0 Å². The molecule has 0 aliphatic rings. The lowest BCUT2D eigenvalue weighted by Gasteiger charge is -2.10. The lowest BCUT2D eigenvalue weighted by atomic mass is 10.1. The van der Waals surface area contributed by atoms with E-state index in [1.165, 1.54) is 0 Å². The van der Waals surface area contributed by atoms with Crippen LogP contribution in [0.2, 0.25) is 0 Å². The predicted molar refractivity (Wildman–Crippen MR) is 80.7 cm³/mol. The Labute approximate surface area is 124 Å². The monoisotopic (exact) mass is 283 g/mol. The van der Waals surface area contributed by atoms with Crippen LogP contribution in [0.4, 0.5) is 5.69 Å². The molecule has 0 radical (unpaired) electrons. The normalized spacial score (nSPS) is 9.76. The summed E-state index contributed by atoms with van der Waals surface area (Å²) in [6.07, 6.45) is 2.46. The molecule has 5 nitrogen and oxygen atoms in total. The zero-order chi connectivity index (χ0) is 15.1. The summed E-state index contributed by atoms with van der Waals surface area (Å²) in [5.74, 6) is 1.45. The standard InChI is InChI=1S/C16H17N3O2/c1-20-15-4-3-12(9-16(15)21-2)5-7-18-13-6-8-19-14(10-13)11-17/h3-4,6,8-10H,5,7H2,1-2H3,(H,18,19). The molecule has 108 valence electrons. The van der Waals surface area contributed by atoms with Gasteiger partial charge in [-0.05, 0) is 36.2 Å². The second kappa shape index (κ2) is 7.15. The largest absolute Gasteiger partial charge is 0.493 e. The number of ether oxygens (including phenoxy) is 2. The van der Waals surface area contributed by atoms with E-state index in [1.807, 2.05) is 30.3 Å². The highest BCUT2D eigenvalue weighted by molar-refractivity contribution is 5.46. The summed E-state index contributed by atoms with van der Waals surface area (Å²) in [6, 6.07) is 11.5. The van der Waals surface area contributed by atoms with Crippen molar-refractivity contribution < 1.29 is 9.47 Å². The summed E-state index contributed by atoms with van der Waals surface area (Å²) in [4.78, 5) is 3.93. The van der Waals surface area contributed by atoms with Gasteiger partial charge < -0.3 is 14.8 Å². The van der Waals surface area contributed by atoms with E-state index in [2.05, 4.69) is 10.3 Å². The fraction of sp³-hybridized carbons (Fsp3) is 0.250. The second-order valence-corrected chi connectivity index (χ2v) is 4.41. The van der Waals surface area contributed by atoms with Crippen molar-refractivity contribution in [3.05, 3.63) is 47.8 Å². The SMILES string of the molecule is COc1ccc(CCNc2ccnc(C#N)c2)cc1OC. The Kier molecular flexibility index (Phi) is 4.99. The summed E-state index contributed by atoms with van der Waals surface area (Å²) in [5.41, 5.74) is 2.45. The molecule has 0 aliphatic heterocycles. The van der Waals surface area contributed by atoms with Crippen molar-refractivity contribution in [1.82, 2.24) is 4.98 Å². The zero-order valence-electron chi connectivity index (χ0n) is 12.1. The highest BCUT2D eigenvalue weighted by Gasteiger charge is 2.04. The third-order valence-electron chi connectivity index (χ3n) is 3.07. The number of aromatic nitrogens is 1. The molecule has 0 bridgehead atoms. The molecule has 0 unspecified atom stereocenters. The van der Waals surface area contributed by atoms with E-state index in [0.29, 0.717) is 5.69 Å². The minimum Gasteiger partial charge on any atom is -0.493 e. The van der Waals surface area contributed by atoms with Crippen molar-refractivity contribution in [2.75, 3.05) is 26.1 Å². The van der Waals surface area contributed by atoms with E-state index in [0.717, 1.165) is 35.7 Å². The number of rotatable bonds is 6. The molecule has 21 heavy (non-hydrogen) atoms. The summed E-state index contributed by atoms with van der Waals surface area (Å²) in [7, 11) is 3.25. The Morgan fingerprint density at radius 1 is 1.14 bits per heavy atom. The first-order valence-corrected chi connectivity index (χ1v) is 6.57. The predicted octanol–water partition coefficient (Wildman–Crippen LogP) is 2.63. The van der Waals surface area contributed by atoms with Gasteiger partial charge in [0.2, 0.25) is 0 Å². The van der Waals surface area contributed by atoms with Crippen LogP contribution in [0, 0.1) is 11.3 Å². The first-order chi connectivity index (χ1) is 10.3. The van der Waals surface area contributed by atoms with Crippen molar-refractivity contribution in [2.45, 2.75) is 6.42 Å². The molecular formula is C16H17N3O2. The molecule has 0 fully saturated rings. The van der Waals surface area contributed by atoms with E-state index in [4.69, 9.17) is 14.7 Å². The van der Waals surface area contributed by atoms with Gasteiger partial charge in [-0.25, -0.2) is 4.98 Å². The molecule has 2 aromatic rings. The number of hydrogen-bond donors (Lipinski definition) is 1. The molecular weight excluding hydrogens is 266 g/mol. The Balaban J connectivity index is 1.95. The molecule has 1 aromatic carbocycles. The highest BCUT2D eigenvalue weighted by Crippen LogP contribution is 2.27. The van der Waals surface area contributed by atoms with E-state index in [-0.39, 0.29) is 0 Å². The fourth-order valence-corrected chi connectivity index (χ4v) is 1.99. The number of nitrogens with zero attached hydrogens (tertiary/aromatic N) is 2. The first-order valence-electron chi connectivity index (χ1n) is 6.57. The lowest BCUT2D eigenvalue weighted by molar-refractivity contribution is 0.354. The maximum atomic E-state index is 8.81. The minimum atomic E-state index is 0.408. The Bertz CT molecular complexity index is 650. The average molecular weight is 283 g/mol. The van der Waals surface area contributed by atoms with Crippen molar-refractivity contribution >= 4 is 5.69 Å². The number of hydrogen-bond acceptors (Lipinski definition) is 5. The van der Waals surface area contributed by atoms with Gasteiger partial charge in [-0.1, -0.05) is 6.07 Å². The lowest BCUT2D eigenvalue weighted by Crippen LogP contribution is -2.05. The van der Waals surface area contributed by atoms with Gasteiger partial charge in [0.15, 0.2) is 11.5 Å². The maximum absolute atomic E-state index is 8.81. The van der Waals surface area contributed by atoms with Crippen LogP contribution in [-0.4, -0.2) is 25.7 Å². The molecule has 0 saturated carbocycles. The summed E-state index contributed by atoms with van der Waals surface area (Å²) >= 11 is 0. The van der Waals surface area contributed by atoms with Gasteiger partial charge in [-0.15, -0.1) is 0 Å². The maximum Gasteiger partial charge on any atom is 0.160 e. The molecule has 0 atom stereocenters. The number of nitriles is 1. The Morgan fingerprint density at radius 3 is 2.67 bits per heavy atom. The Morgan fingerprint density at radius 2 is 1.95 bits per heavy atom. The van der Waals surface area contributed by atoms with Crippen LogP contribution in [0.25, 0.3) is 0 Å².